The molecule has 3 rings (SSSR count). The number of carbonyl (C=O) groups is 2. The Morgan fingerprint density at radius 3 is 2.42 bits per heavy atom. The number of halogens is 1. The summed E-state index contributed by atoms with van der Waals surface area (Å²) in [6.45, 7) is 4.22. The molecule has 0 saturated carbocycles. The van der Waals surface area contributed by atoms with Gasteiger partial charge in [-0.2, -0.15) is 0 Å². The monoisotopic (exact) mass is 445 g/mol. The van der Waals surface area contributed by atoms with Gasteiger partial charge in [0.25, 0.3) is 11.6 Å². The number of benzene rings is 2. The molecule has 2 aromatic rings. The Kier molecular flexibility index (Phi) is 7.59. The number of nitro groups is 1. The van der Waals surface area contributed by atoms with Crippen LogP contribution in [0.4, 0.5) is 5.69 Å². The molecule has 1 aliphatic heterocycles. The first-order chi connectivity index (χ1) is 14.9. The minimum Gasteiger partial charge on any atom is -0.462 e. The number of likely N-dealkylation sites (tertiary alicyclic amines) is 1. The van der Waals surface area contributed by atoms with Gasteiger partial charge in [-0.25, -0.2) is 4.79 Å². The molecule has 1 N–H and O–H groups in total. The highest BCUT2D eigenvalue weighted by atomic mass is 35.5. The molecule has 1 saturated heterocycles. The summed E-state index contributed by atoms with van der Waals surface area (Å²) in [4.78, 5) is 37.6. The molecule has 1 fully saturated rings. The second-order valence-corrected chi connectivity index (χ2v) is 7.83. The van der Waals surface area contributed by atoms with Gasteiger partial charge < -0.3 is 10.1 Å². The number of amides is 1. The van der Waals surface area contributed by atoms with E-state index in [-0.39, 0.29) is 29.5 Å². The van der Waals surface area contributed by atoms with Crippen LogP contribution in [0.25, 0.3) is 0 Å². The van der Waals surface area contributed by atoms with E-state index in [1.54, 1.807) is 6.92 Å². The van der Waals surface area contributed by atoms with Crippen LogP contribution in [-0.4, -0.2) is 47.4 Å². The van der Waals surface area contributed by atoms with Crippen LogP contribution in [-0.2, 0) is 11.3 Å². The van der Waals surface area contributed by atoms with Gasteiger partial charge in [0.05, 0.1) is 17.1 Å². The number of hydrogen-bond donors (Lipinski definition) is 1. The first-order valence-corrected chi connectivity index (χ1v) is 10.5. The zero-order chi connectivity index (χ0) is 22.4. The maximum absolute atomic E-state index is 12.7. The van der Waals surface area contributed by atoms with Crippen molar-refractivity contribution in [3.05, 3.63) is 74.3 Å². The van der Waals surface area contributed by atoms with Crippen molar-refractivity contribution in [3.63, 3.8) is 0 Å². The predicted molar refractivity (Wildman–Crippen MR) is 116 cm³/mol. The van der Waals surface area contributed by atoms with Gasteiger partial charge in [-0.15, -0.1) is 0 Å². The molecule has 2 aromatic carbocycles. The number of ether oxygens (including phenoxy) is 1. The third-order valence-corrected chi connectivity index (χ3v) is 5.40. The maximum atomic E-state index is 12.7. The number of nitrogens with one attached hydrogen (secondary N) is 1. The van der Waals surface area contributed by atoms with E-state index in [0.717, 1.165) is 38.5 Å². The standard InChI is InChI=1S/C22H24ClN3O5/c1-2-31-22(28)17-11-16(12-20(13-17)26(29)30)21(27)24-19-7-9-25(10-8-19)14-15-3-5-18(23)6-4-15/h3-6,11-13,19H,2,7-10,14H2,1H3,(H,24,27). The minimum atomic E-state index is -0.698. The second kappa shape index (κ2) is 10.4. The van der Waals surface area contributed by atoms with Gasteiger partial charge in [0.2, 0.25) is 0 Å². The van der Waals surface area contributed by atoms with Crippen molar-refractivity contribution in [2.45, 2.75) is 32.4 Å². The molecule has 1 aliphatic rings. The topological polar surface area (TPSA) is 102 Å². The Balaban J connectivity index is 1.60. The number of nitro benzene ring substituents is 1. The van der Waals surface area contributed by atoms with E-state index < -0.39 is 16.8 Å². The van der Waals surface area contributed by atoms with Crippen molar-refractivity contribution in [1.29, 1.82) is 0 Å². The van der Waals surface area contributed by atoms with Crippen LogP contribution >= 0.6 is 11.6 Å². The average molecular weight is 446 g/mol. The summed E-state index contributed by atoms with van der Waals surface area (Å²) in [6, 6.07) is 11.3. The summed E-state index contributed by atoms with van der Waals surface area (Å²) in [7, 11) is 0. The van der Waals surface area contributed by atoms with E-state index in [1.807, 2.05) is 24.3 Å². The predicted octanol–water partition coefficient (Wildman–Crippen LogP) is 3.82. The molecule has 0 unspecified atom stereocenters. The van der Waals surface area contributed by atoms with Crippen molar-refractivity contribution in [2.75, 3.05) is 19.7 Å². The van der Waals surface area contributed by atoms with Crippen LogP contribution in [0.5, 0.6) is 0 Å². The fourth-order valence-electron chi connectivity index (χ4n) is 3.53. The Morgan fingerprint density at radius 2 is 1.81 bits per heavy atom. The molecule has 0 atom stereocenters. The molecular formula is C22H24ClN3O5. The lowest BCUT2D eigenvalue weighted by Crippen LogP contribution is -2.44. The average Bonchev–Trinajstić information content (AvgIpc) is 2.76. The number of nitrogens with zero attached hydrogens (tertiary/aromatic N) is 2. The summed E-state index contributed by atoms with van der Waals surface area (Å²) in [6.07, 6.45) is 1.53. The quantitative estimate of drug-likeness (QED) is 0.395. The number of esters is 1. The van der Waals surface area contributed by atoms with Gasteiger partial charge in [-0.05, 0) is 43.5 Å². The van der Waals surface area contributed by atoms with Gasteiger partial charge in [0, 0.05) is 48.4 Å². The van der Waals surface area contributed by atoms with Crippen LogP contribution in [0.2, 0.25) is 5.02 Å². The van der Waals surface area contributed by atoms with Crippen LogP contribution in [0.1, 0.15) is 46.0 Å². The van der Waals surface area contributed by atoms with Gasteiger partial charge in [-0.1, -0.05) is 23.7 Å². The lowest BCUT2D eigenvalue weighted by molar-refractivity contribution is -0.384. The maximum Gasteiger partial charge on any atom is 0.338 e. The van der Waals surface area contributed by atoms with Crippen molar-refractivity contribution in [2.24, 2.45) is 0 Å². The van der Waals surface area contributed by atoms with Crippen LogP contribution < -0.4 is 5.32 Å². The zero-order valence-corrected chi connectivity index (χ0v) is 17.9. The molecule has 0 aromatic heterocycles. The van der Waals surface area contributed by atoms with E-state index >= 15 is 0 Å². The third kappa shape index (κ3) is 6.26. The lowest BCUT2D eigenvalue weighted by Gasteiger charge is -2.32. The van der Waals surface area contributed by atoms with E-state index in [1.165, 1.54) is 17.7 Å². The number of piperidine rings is 1. The molecule has 31 heavy (non-hydrogen) atoms. The summed E-state index contributed by atoms with van der Waals surface area (Å²) in [5.74, 6) is -1.14. The molecular weight excluding hydrogens is 422 g/mol. The summed E-state index contributed by atoms with van der Waals surface area (Å²) in [5.41, 5.74) is 0.906. The fraction of sp³-hybridized carbons (Fsp3) is 0.364. The number of hydrogen-bond acceptors (Lipinski definition) is 6. The lowest BCUT2D eigenvalue weighted by atomic mass is 10.0. The smallest absolute Gasteiger partial charge is 0.338 e. The first kappa shape index (κ1) is 22.7. The normalized spacial score (nSPS) is 14.8. The van der Waals surface area contributed by atoms with Crippen LogP contribution in [0.15, 0.2) is 42.5 Å². The Morgan fingerprint density at radius 1 is 1.16 bits per heavy atom. The van der Waals surface area contributed by atoms with E-state index in [0.29, 0.717) is 5.02 Å². The van der Waals surface area contributed by atoms with E-state index in [4.69, 9.17) is 16.3 Å². The van der Waals surface area contributed by atoms with Gasteiger partial charge >= 0.3 is 5.97 Å². The van der Waals surface area contributed by atoms with Crippen LogP contribution in [0, 0.1) is 10.1 Å². The van der Waals surface area contributed by atoms with Gasteiger partial charge in [0.1, 0.15) is 0 Å². The molecule has 0 spiro atoms. The molecule has 1 heterocycles. The molecule has 1 amide bonds. The third-order valence-electron chi connectivity index (χ3n) is 5.14. The van der Waals surface area contributed by atoms with E-state index in [2.05, 4.69) is 10.2 Å². The van der Waals surface area contributed by atoms with Crippen molar-refractivity contribution in [3.8, 4) is 0 Å². The highest BCUT2D eigenvalue weighted by molar-refractivity contribution is 6.30. The van der Waals surface area contributed by atoms with E-state index in [9.17, 15) is 19.7 Å². The summed E-state index contributed by atoms with van der Waals surface area (Å²) in [5, 5.41) is 14.9. The van der Waals surface area contributed by atoms with Gasteiger partial charge in [0.15, 0.2) is 0 Å². The second-order valence-electron chi connectivity index (χ2n) is 7.40. The highest BCUT2D eigenvalue weighted by Gasteiger charge is 2.23. The Labute approximate surface area is 185 Å². The molecule has 8 nitrogen and oxygen atoms in total. The molecule has 164 valence electrons. The van der Waals surface area contributed by atoms with Crippen molar-refractivity contribution < 1.29 is 19.2 Å². The fourth-order valence-corrected chi connectivity index (χ4v) is 3.66. The molecule has 0 bridgehead atoms. The largest absolute Gasteiger partial charge is 0.462 e. The Hall–Kier alpha value is -2.97. The highest BCUT2D eigenvalue weighted by Crippen LogP contribution is 2.20. The van der Waals surface area contributed by atoms with Crippen molar-refractivity contribution in [1.82, 2.24) is 10.2 Å². The Bertz CT molecular complexity index is 956. The number of carbonyl (C=O) groups excluding carboxylic acids is 2. The summed E-state index contributed by atoms with van der Waals surface area (Å²) < 4.78 is 4.91. The van der Waals surface area contributed by atoms with Gasteiger partial charge in [-0.3, -0.25) is 19.8 Å². The zero-order valence-electron chi connectivity index (χ0n) is 17.2. The SMILES string of the molecule is CCOC(=O)c1cc(C(=O)NC2CCN(Cc3ccc(Cl)cc3)CC2)cc([N+](=O)[O-])c1. The minimum absolute atomic E-state index is 0.0148. The van der Waals surface area contributed by atoms with Crippen molar-refractivity contribution >= 4 is 29.2 Å². The van der Waals surface area contributed by atoms with Crippen LogP contribution in [0.3, 0.4) is 0 Å². The number of non-ortho nitro benzene ring substituents is 1. The number of rotatable bonds is 7. The molecule has 0 aliphatic carbocycles. The molecule has 9 heteroatoms. The molecule has 0 radical (unpaired) electrons. The first-order valence-electron chi connectivity index (χ1n) is 10.1. The summed E-state index contributed by atoms with van der Waals surface area (Å²) >= 11 is 5.93.